The van der Waals surface area contributed by atoms with Crippen LogP contribution in [0.1, 0.15) is 25.1 Å². The second-order valence-electron chi connectivity index (χ2n) is 7.67. The molecule has 0 saturated heterocycles. The zero-order chi connectivity index (χ0) is 21.4. The van der Waals surface area contributed by atoms with E-state index in [9.17, 15) is 9.59 Å². The van der Waals surface area contributed by atoms with Gasteiger partial charge in [-0.3, -0.25) is 18.6 Å². The van der Waals surface area contributed by atoms with Gasteiger partial charge in [-0.25, -0.2) is 9.97 Å². The lowest BCUT2D eigenvalue weighted by molar-refractivity contribution is 0.475. The summed E-state index contributed by atoms with van der Waals surface area (Å²) < 4.78 is 4.10. The third kappa shape index (κ3) is 4.20. The first-order chi connectivity index (χ1) is 14.3. The zero-order valence-electron chi connectivity index (χ0n) is 16.9. The van der Waals surface area contributed by atoms with Crippen molar-refractivity contribution in [3.63, 3.8) is 0 Å². The van der Waals surface area contributed by atoms with Crippen molar-refractivity contribution < 1.29 is 0 Å². The Balaban J connectivity index is 1.74. The van der Waals surface area contributed by atoms with E-state index in [2.05, 4.69) is 34.8 Å². The van der Waals surface area contributed by atoms with Gasteiger partial charge in [-0.15, -0.1) is 0 Å². The van der Waals surface area contributed by atoms with Gasteiger partial charge < -0.3 is 0 Å². The molecule has 0 spiro atoms. The van der Waals surface area contributed by atoms with E-state index in [1.165, 1.54) is 16.2 Å². The van der Waals surface area contributed by atoms with E-state index in [1.54, 1.807) is 16.8 Å². The molecule has 0 aliphatic heterocycles. The number of fused-ring (bicyclic) bond motifs is 2. The van der Waals surface area contributed by atoms with Crippen LogP contribution < -0.4 is 11.1 Å². The van der Waals surface area contributed by atoms with Crippen LogP contribution in [0.5, 0.6) is 0 Å². The van der Waals surface area contributed by atoms with Gasteiger partial charge in [-0.1, -0.05) is 41.5 Å². The number of hydrogen-bond acceptors (Lipinski definition) is 5. The SMILES string of the molecule is Cc1ccn2c(=O)cc(CSc3nc4ccc(Br)cc4c(=O)n3CC(C)C)nc2c1. The topological polar surface area (TPSA) is 69.3 Å². The van der Waals surface area contributed by atoms with Crippen molar-refractivity contribution in [2.45, 2.75) is 38.2 Å². The van der Waals surface area contributed by atoms with Crippen molar-refractivity contribution in [1.82, 2.24) is 18.9 Å². The minimum Gasteiger partial charge on any atom is -0.287 e. The van der Waals surface area contributed by atoms with Crippen molar-refractivity contribution in [3.8, 4) is 0 Å². The molecule has 0 unspecified atom stereocenters. The summed E-state index contributed by atoms with van der Waals surface area (Å²) in [6, 6.07) is 10.8. The highest BCUT2D eigenvalue weighted by atomic mass is 79.9. The number of thioether (sulfide) groups is 1. The Bertz CT molecular complexity index is 1380. The Kier molecular flexibility index (Phi) is 5.79. The first-order valence-electron chi connectivity index (χ1n) is 9.63. The number of nitrogens with zero attached hydrogens (tertiary/aromatic N) is 4. The van der Waals surface area contributed by atoms with Crippen molar-refractivity contribution >= 4 is 44.2 Å². The highest BCUT2D eigenvalue weighted by Crippen LogP contribution is 2.23. The predicted molar refractivity (Wildman–Crippen MR) is 124 cm³/mol. The van der Waals surface area contributed by atoms with Gasteiger partial charge in [0.1, 0.15) is 5.65 Å². The summed E-state index contributed by atoms with van der Waals surface area (Å²) in [6.07, 6.45) is 1.74. The molecule has 4 rings (SSSR count). The maximum absolute atomic E-state index is 13.1. The lowest BCUT2D eigenvalue weighted by Gasteiger charge is -2.15. The van der Waals surface area contributed by atoms with E-state index in [0.717, 1.165) is 10.0 Å². The van der Waals surface area contributed by atoms with Crippen LogP contribution in [0.15, 0.2) is 61.8 Å². The number of hydrogen-bond donors (Lipinski definition) is 0. The van der Waals surface area contributed by atoms with Gasteiger partial charge in [0, 0.05) is 29.0 Å². The minimum absolute atomic E-state index is 0.0559. The summed E-state index contributed by atoms with van der Waals surface area (Å²) >= 11 is 4.86. The van der Waals surface area contributed by atoms with E-state index in [4.69, 9.17) is 4.98 Å². The number of rotatable bonds is 5. The van der Waals surface area contributed by atoms with Crippen molar-refractivity contribution in [1.29, 1.82) is 0 Å². The van der Waals surface area contributed by atoms with E-state index < -0.39 is 0 Å². The number of aryl methyl sites for hydroxylation is 1. The van der Waals surface area contributed by atoms with Gasteiger partial charge in [-0.05, 0) is 48.7 Å². The molecular weight excluding hydrogens is 464 g/mol. The lowest BCUT2D eigenvalue weighted by Crippen LogP contribution is -2.25. The largest absolute Gasteiger partial charge is 0.287 e. The van der Waals surface area contributed by atoms with Crippen LogP contribution in [0.3, 0.4) is 0 Å². The van der Waals surface area contributed by atoms with Crippen LogP contribution in [0.25, 0.3) is 16.6 Å². The zero-order valence-corrected chi connectivity index (χ0v) is 19.3. The Morgan fingerprint density at radius 2 is 1.90 bits per heavy atom. The van der Waals surface area contributed by atoms with Crippen LogP contribution in [0.4, 0.5) is 0 Å². The quantitative estimate of drug-likeness (QED) is 0.309. The maximum atomic E-state index is 13.1. The maximum Gasteiger partial charge on any atom is 0.262 e. The fraction of sp³-hybridized carbons (Fsp3) is 0.273. The number of halogens is 1. The van der Waals surface area contributed by atoms with Crippen molar-refractivity contribution in [2.75, 3.05) is 0 Å². The third-order valence-corrected chi connectivity index (χ3v) is 6.16. The smallest absolute Gasteiger partial charge is 0.262 e. The number of aromatic nitrogens is 4. The summed E-state index contributed by atoms with van der Waals surface area (Å²) in [5, 5.41) is 1.22. The standard InChI is InChI=1S/C22H21BrN4O2S/c1-13(2)11-27-21(29)17-9-15(23)4-5-18(17)25-22(27)30-12-16-10-20(28)26-7-6-14(3)8-19(26)24-16/h4-10,13H,11-12H2,1-3H3. The molecule has 30 heavy (non-hydrogen) atoms. The molecule has 4 aromatic rings. The second kappa shape index (κ2) is 8.35. The molecule has 0 radical (unpaired) electrons. The summed E-state index contributed by atoms with van der Waals surface area (Å²) in [4.78, 5) is 34.9. The van der Waals surface area contributed by atoms with E-state index in [1.807, 2.05) is 37.3 Å². The monoisotopic (exact) mass is 484 g/mol. The molecule has 0 amide bonds. The average molecular weight is 485 g/mol. The molecular formula is C22H21BrN4O2S. The number of benzene rings is 1. The molecule has 0 fully saturated rings. The second-order valence-corrected chi connectivity index (χ2v) is 9.53. The van der Waals surface area contributed by atoms with Gasteiger partial charge in [0.15, 0.2) is 5.16 Å². The predicted octanol–water partition coefficient (Wildman–Crippen LogP) is 4.42. The fourth-order valence-electron chi connectivity index (χ4n) is 3.28. The molecule has 1 aromatic carbocycles. The summed E-state index contributed by atoms with van der Waals surface area (Å²) in [6.45, 7) is 6.68. The van der Waals surface area contributed by atoms with Crippen LogP contribution in [-0.4, -0.2) is 18.9 Å². The van der Waals surface area contributed by atoms with Crippen LogP contribution in [0, 0.1) is 12.8 Å². The Morgan fingerprint density at radius 3 is 2.67 bits per heavy atom. The van der Waals surface area contributed by atoms with Gasteiger partial charge in [0.05, 0.1) is 16.6 Å². The van der Waals surface area contributed by atoms with Crippen molar-refractivity contribution in [2.24, 2.45) is 5.92 Å². The fourth-order valence-corrected chi connectivity index (χ4v) is 4.54. The van der Waals surface area contributed by atoms with Crippen LogP contribution in [-0.2, 0) is 12.3 Å². The van der Waals surface area contributed by atoms with Gasteiger partial charge in [0.2, 0.25) is 0 Å². The summed E-state index contributed by atoms with van der Waals surface area (Å²) in [7, 11) is 0. The van der Waals surface area contributed by atoms with Gasteiger partial charge >= 0.3 is 0 Å². The lowest BCUT2D eigenvalue weighted by atomic mass is 10.2. The Labute approximate surface area is 186 Å². The van der Waals surface area contributed by atoms with Crippen molar-refractivity contribution in [3.05, 3.63) is 79.0 Å². The Hall–Kier alpha value is -2.45. The molecule has 0 aliphatic carbocycles. The van der Waals surface area contributed by atoms with Crippen LogP contribution >= 0.6 is 27.7 Å². The molecule has 8 heteroatoms. The normalized spacial score (nSPS) is 11.6. The minimum atomic E-state index is -0.119. The van der Waals surface area contributed by atoms with Gasteiger partial charge in [-0.2, -0.15) is 0 Å². The van der Waals surface area contributed by atoms with Crippen LogP contribution in [0.2, 0.25) is 0 Å². The molecule has 0 saturated carbocycles. The Morgan fingerprint density at radius 1 is 1.10 bits per heavy atom. The molecule has 154 valence electrons. The van der Waals surface area contributed by atoms with E-state index >= 15 is 0 Å². The van der Waals surface area contributed by atoms with E-state index in [0.29, 0.717) is 45.6 Å². The first kappa shape index (κ1) is 20.8. The molecule has 0 bridgehead atoms. The molecule has 0 atom stereocenters. The molecule has 3 heterocycles. The highest BCUT2D eigenvalue weighted by Gasteiger charge is 2.14. The average Bonchev–Trinajstić information content (AvgIpc) is 2.68. The molecule has 6 nitrogen and oxygen atoms in total. The van der Waals surface area contributed by atoms with E-state index in [-0.39, 0.29) is 11.1 Å². The first-order valence-corrected chi connectivity index (χ1v) is 11.4. The molecule has 0 aliphatic rings. The highest BCUT2D eigenvalue weighted by molar-refractivity contribution is 9.10. The third-order valence-electron chi connectivity index (χ3n) is 4.65. The number of pyridine rings is 1. The summed E-state index contributed by atoms with van der Waals surface area (Å²) in [5.41, 5.74) is 2.81. The summed E-state index contributed by atoms with van der Waals surface area (Å²) in [5.74, 6) is 0.742. The van der Waals surface area contributed by atoms with Gasteiger partial charge in [0.25, 0.3) is 11.1 Å². The molecule has 0 N–H and O–H groups in total. The molecule has 3 aromatic heterocycles.